The lowest BCUT2D eigenvalue weighted by atomic mass is 10.2. The Kier molecular flexibility index (Phi) is 4.81. The molecule has 0 unspecified atom stereocenters. The zero-order valence-corrected chi connectivity index (χ0v) is 12.9. The Morgan fingerprint density at radius 1 is 0.958 bits per heavy atom. The number of carbonyl (C=O) groups is 2. The molecule has 7 nitrogen and oxygen atoms in total. The van der Waals surface area contributed by atoms with Gasteiger partial charge in [0.15, 0.2) is 11.5 Å². The molecule has 2 aromatic carbocycles. The maximum absolute atomic E-state index is 11.9. The summed E-state index contributed by atoms with van der Waals surface area (Å²) < 4.78 is 10.4. The number of carbonyl (C=O) groups excluding carboxylic acids is 2. The van der Waals surface area contributed by atoms with Crippen LogP contribution in [-0.4, -0.2) is 25.3 Å². The van der Waals surface area contributed by atoms with Crippen molar-refractivity contribution in [3.8, 4) is 11.5 Å². The summed E-state index contributed by atoms with van der Waals surface area (Å²) in [6, 6.07) is 14.2. The van der Waals surface area contributed by atoms with E-state index in [2.05, 4.69) is 16.0 Å². The second-order valence-electron chi connectivity index (χ2n) is 5.14. The molecular weight excluding hydrogens is 310 g/mol. The van der Waals surface area contributed by atoms with Gasteiger partial charge in [-0.15, -0.1) is 0 Å². The minimum Gasteiger partial charge on any atom is -0.454 e. The molecule has 7 heteroatoms. The molecule has 2 aromatic rings. The van der Waals surface area contributed by atoms with Crippen LogP contribution in [0.2, 0.25) is 0 Å². The molecule has 0 atom stereocenters. The van der Waals surface area contributed by atoms with Gasteiger partial charge in [0.05, 0.1) is 6.54 Å². The van der Waals surface area contributed by atoms with Gasteiger partial charge in [0.25, 0.3) is 0 Å². The van der Waals surface area contributed by atoms with Crippen molar-refractivity contribution in [3.63, 3.8) is 0 Å². The number of amides is 3. The van der Waals surface area contributed by atoms with Crippen molar-refractivity contribution < 1.29 is 19.1 Å². The molecule has 1 heterocycles. The predicted octanol–water partition coefficient (Wildman–Crippen LogP) is 1.85. The fourth-order valence-electron chi connectivity index (χ4n) is 2.18. The standard InChI is InChI=1S/C17H17N3O4/c21-16(20-13-6-7-14-15(8-13)24-11-23-14)10-19-17(22)18-9-12-4-2-1-3-5-12/h1-8H,9-11H2,(H,20,21)(H2,18,19,22). The third kappa shape index (κ3) is 4.16. The zero-order chi connectivity index (χ0) is 16.8. The number of hydrogen-bond acceptors (Lipinski definition) is 4. The first-order valence-electron chi connectivity index (χ1n) is 7.46. The van der Waals surface area contributed by atoms with Crippen molar-refractivity contribution >= 4 is 17.6 Å². The average molecular weight is 327 g/mol. The number of nitrogens with one attached hydrogen (secondary N) is 3. The maximum atomic E-state index is 11.9. The summed E-state index contributed by atoms with van der Waals surface area (Å²) in [4.78, 5) is 23.6. The average Bonchev–Trinajstić information content (AvgIpc) is 3.07. The van der Waals surface area contributed by atoms with E-state index in [4.69, 9.17) is 9.47 Å². The Bertz CT molecular complexity index is 734. The highest BCUT2D eigenvalue weighted by molar-refractivity contribution is 5.94. The van der Waals surface area contributed by atoms with E-state index in [-0.39, 0.29) is 19.2 Å². The van der Waals surface area contributed by atoms with Crippen molar-refractivity contribution in [1.29, 1.82) is 0 Å². The maximum Gasteiger partial charge on any atom is 0.315 e. The lowest BCUT2D eigenvalue weighted by Gasteiger charge is -2.09. The molecule has 0 bridgehead atoms. The zero-order valence-electron chi connectivity index (χ0n) is 12.9. The van der Waals surface area contributed by atoms with Crippen LogP contribution in [0.25, 0.3) is 0 Å². The SMILES string of the molecule is O=C(CNC(=O)NCc1ccccc1)Nc1ccc2c(c1)OCO2. The Morgan fingerprint density at radius 3 is 2.58 bits per heavy atom. The summed E-state index contributed by atoms with van der Waals surface area (Å²) >= 11 is 0. The smallest absolute Gasteiger partial charge is 0.315 e. The van der Waals surface area contributed by atoms with Crippen molar-refractivity contribution in [1.82, 2.24) is 10.6 Å². The third-order valence-electron chi connectivity index (χ3n) is 3.36. The molecular formula is C17H17N3O4. The van der Waals surface area contributed by atoms with Crippen molar-refractivity contribution in [2.45, 2.75) is 6.54 Å². The normalized spacial score (nSPS) is 11.7. The van der Waals surface area contributed by atoms with Crippen molar-refractivity contribution in [2.24, 2.45) is 0 Å². The molecule has 0 aliphatic carbocycles. The van der Waals surface area contributed by atoms with Crippen LogP contribution >= 0.6 is 0 Å². The molecule has 3 rings (SSSR count). The molecule has 0 radical (unpaired) electrons. The highest BCUT2D eigenvalue weighted by atomic mass is 16.7. The van der Waals surface area contributed by atoms with Crippen LogP contribution in [0.3, 0.4) is 0 Å². The molecule has 124 valence electrons. The van der Waals surface area contributed by atoms with Gasteiger partial charge in [-0.1, -0.05) is 30.3 Å². The molecule has 1 aliphatic rings. The summed E-state index contributed by atoms with van der Waals surface area (Å²) in [5, 5.41) is 7.88. The predicted molar refractivity (Wildman–Crippen MR) is 87.9 cm³/mol. The van der Waals surface area contributed by atoms with E-state index >= 15 is 0 Å². The highest BCUT2D eigenvalue weighted by Gasteiger charge is 2.14. The Balaban J connectivity index is 1.41. The molecule has 0 spiro atoms. The molecule has 24 heavy (non-hydrogen) atoms. The highest BCUT2D eigenvalue weighted by Crippen LogP contribution is 2.34. The van der Waals surface area contributed by atoms with Gasteiger partial charge in [0.2, 0.25) is 12.7 Å². The van der Waals surface area contributed by atoms with Gasteiger partial charge >= 0.3 is 6.03 Å². The topological polar surface area (TPSA) is 88.7 Å². The van der Waals surface area contributed by atoms with Gasteiger partial charge in [-0.25, -0.2) is 4.79 Å². The van der Waals surface area contributed by atoms with Crippen LogP contribution in [0.15, 0.2) is 48.5 Å². The third-order valence-corrected chi connectivity index (χ3v) is 3.36. The minimum atomic E-state index is -0.403. The van der Waals surface area contributed by atoms with Gasteiger partial charge in [-0.2, -0.15) is 0 Å². The number of anilines is 1. The number of fused-ring (bicyclic) bond motifs is 1. The van der Waals surface area contributed by atoms with Gasteiger partial charge < -0.3 is 25.4 Å². The van der Waals surface area contributed by atoms with E-state index in [1.165, 1.54) is 0 Å². The summed E-state index contributed by atoms with van der Waals surface area (Å²) in [5.41, 5.74) is 1.56. The fourth-order valence-corrected chi connectivity index (χ4v) is 2.18. The summed E-state index contributed by atoms with van der Waals surface area (Å²) in [7, 11) is 0. The first kappa shape index (κ1) is 15.7. The largest absolute Gasteiger partial charge is 0.454 e. The molecule has 0 fully saturated rings. The Labute approximate surface area is 139 Å². The van der Waals surface area contributed by atoms with E-state index in [1.807, 2.05) is 30.3 Å². The fraction of sp³-hybridized carbons (Fsp3) is 0.176. The van der Waals surface area contributed by atoms with Gasteiger partial charge in [-0.05, 0) is 17.7 Å². The van der Waals surface area contributed by atoms with E-state index in [9.17, 15) is 9.59 Å². The second-order valence-corrected chi connectivity index (χ2v) is 5.14. The lowest BCUT2D eigenvalue weighted by molar-refractivity contribution is -0.115. The monoisotopic (exact) mass is 327 g/mol. The summed E-state index contributed by atoms with van der Waals surface area (Å²) in [5.74, 6) is 0.900. The quantitative estimate of drug-likeness (QED) is 0.782. The molecule has 3 amide bonds. The lowest BCUT2D eigenvalue weighted by Crippen LogP contribution is -2.39. The number of hydrogen-bond donors (Lipinski definition) is 3. The van der Waals surface area contributed by atoms with Gasteiger partial charge in [0.1, 0.15) is 0 Å². The van der Waals surface area contributed by atoms with Crippen LogP contribution in [0, 0.1) is 0 Å². The molecule has 1 aliphatic heterocycles. The first-order valence-corrected chi connectivity index (χ1v) is 7.46. The van der Waals surface area contributed by atoms with Crippen LogP contribution in [0.5, 0.6) is 11.5 Å². The Morgan fingerprint density at radius 2 is 1.75 bits per heavy atom. The van der Waals surface area contributed by atoms with E-state index in [0.717, 1.165) is 5.56 Å². The van der Waals surface area contributed by atoms with Crippen LogP contribution in [0.1, 0.15) is 5.56 Å². The first-order chi connectivity index (χ1) is 11.7. The van der Waals surface area contributed by atoms with Crippen molar-refractivity contribution in [3.05, 3.63) is 54.1 Å². The molecule has 0 aromatic heterocycles. The van der Waals surface area contributed by atoms with Crippen molar-refractivity contribution in [2.75, 3.05) is 18.7 Å². The Hall–Kier alpha value is -3.22. The summed E-state index contributed by atoms with van der Waals surface area (Å²) in [6.45, 7) is 0.446. The molecule has 0 saturated heterocycles. The molecule has 0 saturated carbocycles. The number of rotatable bonds is 5. The van der Waals surface area contributed by atoms with Crippen LogP contribution in [0.4, 0.5) is 10.5 Å². The number of benzene rings is 2. The minimum absolute atomic E-state index is 0.130. The number of ether oxygens (including phenoxy) is 2. The second kappa shape index (κ2) is 7.36. The number of urea groups is 1. The van der Waals surface area contributed by atoms with E-state index in [1.54, 1.807) is 18.2 Å². The van der Waals surface area contributed by atoms with E-state index < -0.39 is 6.03 Å². The van der Waals surface area contributed by atoms with E-state index in [0.29, 0.717) is 23.7 Å². The van der Waals surface area contributed by atoms with Crippen LogP contribution in [-0.2, 0) is 11.3 Å². The summed E-state index contributed by atoms with van der Waals surface area (Å²) in [6.07, 6.45) is 0. The van der Waals surface area contributed by atoms with Crippen LogP contribution < -0.4 is 25.4 Å². The van der Waals surface area contributed by atoms with Gasteiger partial charge in [0, 0.05) is 18.3 Å². The van der Waals surface area contributed by atoms with Gasteiger partial charge in [-0.3, -0.25) is 4.79 Å². The molecule has 3 N–H and O–H groups in total.